The SMILES string of the molecule is N#CC1(Nc2ccc(Oc3cccnc3)cc2)CCC1. The summed E-state index contributed by atoms with van der Waals surface area (Å²) in [6.07, 6.45) is 6.32. The predicted molar refractivity (Wildman–Crippen MR) is 76.6 cm³/mol. The fourth-order valence-corrected chi connectivity index (χ4v) is 2.22. The van der Waals surface area contributed by atoms with E-state index in [1.54, 1.807) is 12.4 Å². The fourth-order valence-electron chi connectivity index (χ4n) is 2.22. The Balaban J connectivity index is 1.67. The molecule has 1 saturated carbocycles. The van der Waals surface area contributed by atoms with Gasteiger partial charge in [-0.15, -0.1) is 0 Å². The molecule has 2 aromatic rings. The van der Waals surface area contributed by atoms with Crippen molar-refractivity contribution in [3.63, 3.8) is 0 Å². The average Bonchev–Trinajstić information content (AvgIpc) is 2.46. The molecule has 4 heteroatoms. The van der Waals surface area contributed by atoms with E-state index in [0.29, 0.717) is 5.75 Å². The maximum absolute atomic E-state index is 9.20. The Labute approximate surface area is 118 Å². The van der Waals surface area contributed by atoms with E-state index in [2.05, 4.69) is 16.4 Å². The Kier molecular flexibility index (Phi) is 3.26. The van der Waals surface area contributed by atoms with E-state index in [4.69, 9.17) is 4.74 Å². The highest BCUT2D eigenvalue weighted by atomic mass is 16.5. The number of hydrogen-bond donors (Lipinski definition) is 1. The number of nitrogens with zero attached hydrogens (tertiary/aromatic N) is 2. The monoisotopic (exact) mass is 265 g/mol. The summed E-state index contributed by atoms with van der Waals surface area (Å²) in [7, 11) is 0. The first-order valence-corrected chi connectivity index (χ1v) is 6.67. The van der Waals surface area contributed by atoms with Gasteiger partial charge < -0.3 is 10.1 Å². The summed E-state index contributed by atoms with van der Waals surface area (Å²) in [5.74, 6) is 1.46. The average molecular weight is 265 g/mol. The molecule has 0 atom stereocenters. The number of pyridine rings is 1. The number of rotatable bonds is 4. The van der Waals surface area contributed by atoms with Crippen LogP contribution < -0.4 is 10.1 Å². The van der Waals surface area contributed by atoms with Gasteiger partial charge in [0.05, 0.1) is 12.3 Å². The molecule has 0 saturated heterocycles. The van der Waals surface area contributed by atoms with Crippen molar-refractivity contribution in [3.05, 3.63) is 48.8 Å². The highest BCUT2D eigenvalue weighted by Gasteiger charge is 2.36. The molecule has 1 heterocycles. The molecule has 1 aliphatic rings. The van der Waals surface area contributed by atoms with Crippen molar-refractivity contribution in [2.75, 3.05) is 5.32 Å². The molecule has 1 N–H and O–H groups in total. The second kappa shape index (κ2) is 5.22. The van der Waals surface area contributed by atoms with Gasteiger partial charge in [-0.1, -0.05) is 0 Å². The van der Waals surface area contributed by atoms with Gasteiger partial charge in [0.15, 0.2) is 0 Å². The number of benzene rings is 1. The lowest BCUT2D eigenvalue weighted by molar-refractivity contribution is 0.356. The van der Waals surface area contributed by atoms with Gasteiger partial charge in [0.2, 0.25) is 0 Å². The second-order valence-electron chi connectivity index (χ2n) is 4.99. The summed E-state index contributed by atoms with van der Waals surface area (Å²) in [6.45, 7) is 0. The molecular weight excluding hydrogens is 250 g/mol. The Hall–Kier alpha value is -2.54. The molecule has 1 aliphatic carbocycles. The summed E-state index contributed by atoms with van der Waals surface area (Å²) in [6, 6.07) is 13.7. The maximum Gasteiger partial charge on any atom is 0.145 e. The van der Waals surface area contributed by atoms with E-state index in [9.17, 15) is 5.26 Å². The molecule has 20 heavy (non-hydrogen) atoms. The largest absolute Gasteiger partial charge is 0.456 e. The third kappa shape index (κ3) is 2.57. The van der Waals surface area contributed by atoms with Crippen LogP contribution in [0.5, 0.6) is 11.5 Å². The van der Waals surface area contributed by atoms with Crippen LogP contribution in [-0.2, 0) is 0 Å². The number of nitrogens with one attached hydrogen (secondary N) is 1. The predicted octanol–water partition coefficient (Wildman–Crippen LogP) is 3.73. The van der Waals surface area contributed by atoms with Crippen molar-refractivity contribution in [2.24, 2.45) is 0 Å². The number of anilines is 1. The van der Waals surface area contributed by atoms with Gasteiger partial charge in [-0.05, 0) is 55.7 Å². The topological polar surface area (TPSA) is 57.9 Å². The van der Waals surface area contributed by atoms with Crippen LogP contribution in [0.25, 0.3) is 0 Å². The quantitative estimate of drug-likeness (QED) is 0.915. The normalized spacial score (nSPS) is 15.8. The van der Waals surface area contributed by atoms with Gasteiger partial charge >= 0.3 is 0 Å². The molecular formula is C16H15N3O. The molecule has 0 aliphatic heterocycles. The fraction of sp³-hybridized carbons (Fsp3) is 0.250. The Morgan fingerprint density at radius 1 is 1.15 bits per heavy atom. The van der Waals surface area contributed by atoms with Crippen molar-refractivity contribution in [1.29, 1.82) is 5.26 Å². The van der Waals surface area contributed by atoms with Gasteiger partial charge in [-0.2, -0.15) is 5.26 Å². The highest BCUT2D eigenvalue weighted by Crippen LogP contribution is 2.35. The van der Waals surface area contributed by atoms with Crippen LogP contribution in [0.2, 0.25) is 0 Å². The van der Waals surface area contributed by atoms with Crippen LogP contribution in [0.3, 0.4) is 0 Å². The third-order valence-electron chi connectivity index (χ3n) is 3.53. The first-order chi connectivity index (χ1) is 9.80. The summed E-state index contributed by atoms with van der Waals surface area (Å²) in [4.78, 5) is 4.00. The Morgan fingerprint density at radius 2 is 1.95 bits per heavy atom. The first kappa shape index (κ1) is 12.5. The minimum Gasteiger partial charge on any atom is -0.456 e. The summed E-state index contributed by atoms with van der Waals surface area (Å²) < 4.78 is 5.67. The van der Waals surface area contributed by atoms with E-state index >= 15 is 0 Å². The highest BCUT2D eigenvalue weighted by molar-refractivity contribution is 5.51. The van der Waals surface area contributed by atoms with E-state index in [1.165, 1.54) is 0 Å². The van der Waals surface area contributed by atoms with Crippen LogP contribution in [-0.4, -0.2) is 10.5 Å². The first-order valence-electron chi connectivity index (χ1n) is 6.67. The lowest BCUT2D eigenvalue weighted by atomic mass is 9.78. The van der Waals surface area contributed by atoms with Gasteiger partial charge in [0.25, 0.3) is 0 Å². The molecule has 4 nitrogen and oxygen atoms in total. The van der Waals surface area contributed by atoms with Crippen molar-refractivity contribution in [2.45, 2.75) is 24.8 Å². The number of aromatic nitrogens is 1. The molecule has 1 fully saturated rings. The smallest absolute Gasteiger partial charge is 0.145 e. The lowest BCUT2D eigenvalue weighted by Crippen LogP contribution is -2.43. The van der Waals surface area contributed by atoms with Crippen LogP contribution in [0.1, 0.15) is 19.3 Å². The summed E-state index contributed by atoms with van der Waals surface area (Å²) in [5, 5.41) is 12.5. The molecule has 100 valence electrons. The second-order valence-corrected chi connectivity index (χ2v) is 4.99. The van der Waals surface area contributed by atoms with Crippen molar-refractivity contribution in [1.82, 2.24) is 4.98 Å². The minimum atomic E-state index is -0.369. The van der Waals surface area contributed by atoms with Gasteiger partial charge in [0, 0.05) is 11.9 Å². The molecule has 1 aromatic heterocycles. The zero-order valence-corrected chi connectivity index (χ0v) is 11.0. The van der Waals surface area contributed by atoms with Crippen molar-refractivity contribution in [3.8, 4) is 17.6 Å². The number of hydrogen-bond acceptors (Lipinski definition) is 4. The van der Waals surface area contributed by atoms with Crippen molar-refractivity contribution >= 4 is 5.69 Å². The van der Waals surface area contributed by atoms with E-state index in [0.717, 1.165) is 30.7 Å². The standard InChI is InChI=1S/C16H15N3O/c17-12-16(8-2-9-16)19-13-4-6-14(7-5-13)20-15-3-1-10-18-11-15/h1,3-7,10-11,19H,2,8-9H2. The molecule has 0 bridgehead atoms. The minimum absolute atomic E-state index is 0.369. The molecule has 0 spiro atoms. The molecule has 1 aromatic carbocycles. The molecule has 0 unspecified atom stereocenters. The number of ether oxygens (including phenoxy) is 1. The summed E-state index contributed by atoms with van der Waals surface area (Å²) >= 11 is 0. The lowest BCUT2D eigenvalue weighted by Gasteiger charge is -2.36. The van der Waals surface area contributed by atoms with Crippen LogP contribution in [0.4, 0.5) is 5.69 Å². The molecule has 0 radical (unpaired) electrons. The van der Waals surface area contributed by atoms with Gasteiger partial charge in [-0.3, -0.25) is 4.98 Å². The van der Waals surface area contributed by atoms with Crippen LogP contribution in [0.15, 0.2) is 48.8 Å². The van der Waals surface area contributed by atoms with Crippen LogP contribution in [0, 0.1) is 11.3 Å². The van der Waals surface area contributed by atoms with Crippen LogP contribution >= 0.6 is 0 Å². The molecule has 3 rings (SSSR count). The Bertz CT molecular complexity index is 612. The van der Waals surface area contributed by atoms with E-state index in [1.807, 2.05) is 36.4 Å². The zero-order chi connectivity index (χ0) is 13.8. The number of nitriles is 1. The van der Waals surface area contributed by atoms with Gasteiger partial charge in [-0.25, -0.2) is 0 Å². The van der Waals surface area contributed by atoms with Gasteiger partial charge in [0.1, 0.15) is 17.0 Å². The van der Waals surface area contributed by atoms with E-state index < -0.39 is 0 Å². The zero-order valence-electron chi connectivity index (χ0n) is 11.0. The van der Waals surface area contributed by atoms with E-state index in [-0.39, 0.29) is 5.54 Å². The van der Waals surface area contributed by atoms with Crippen molar-refractivity contribution < 1.29 is 4.74 Å². The Morgan fingerprint density at radius 3 is 2.50 bits per heavy atom. The third-order valence-corrected chi connectivity index (χ3v) is 3.53. The summed E-state index contributed by atoms with van der Waals surface area (Å²) in [5.41, 5.74) is 0.580. The maximum atomic E-state index is 9.20. The molecule has 0 amide bonds.